The molecule has 0 bridgehead atoms. The molecular weight excluding hydrogens is 406 g/mol. The van der Waals surface area contributed by atoms with Gasteiger partial charge in [-0.15, -0.1) is 0 Å². The molecule has 1 aromatic carbocycles. The smallest absolute Gasteiger partial charge is 0.251 e. The molecule has 2 aliphatic rings. The molecule has 3 rings (SSSR count). The number of rotatable bonds is 5. The summed E-state index contributed by atoms with van der Waals surface area (Å²) >= 11 is -2.04. The third-order valence-electron chi connectivity index (χ3n) is 5.68. The second kappa shape index (κ2) is 9.13. The molecule has 2 fully saturated rings. The van der Waals surface area contributed by atoms with Crippen LogP contribution in [0, 0.1) is 5.41 Å². The minimum absolute atomic E-state index is 0.0143. The summed E-state index contributed by atoms with van der Waals surface area (Å²) in [6, 6.07) is 6.26. The van der Waals surface area contributed by atoms with Gasteiger partial charge in [-0.3, -0.25) is 14.5 Å². The van der Waals surface area contributed by atoms with Gasteiger partial charge in [-0.2, -0.15) is 0 Å². The van der Waals surface area contributed by atoms with Gasteiger partial charge in [-0.25, -0.2) is 4.21 Å². The van der Waals surface area contributed by atoms with Gasteiger partial charge < -0.3 is 19.5 Å². The average Bonchev–Trinajstić information content (AvgIpc) is 3.07. The van der Waals surface area contributed by atoms with E-state index in [1.165, 1.54) is 0 Å². The van der Waals surface area contributed by atoms with Crippen LogP contribution in [-0.4, -0.2) is 80.4 Å². The van der Waals surface area contributed by atoms with Crippen molar-refractivity contribution < 1.29 is 23.5 Å². The van der Waals surface area contributed by atoms with E-state index in [1.54, 1.807) is 34.1 Å². The van der Waals surface area contributed by atoms with E-state index < -0.39 is 17.2 Å². The highest BCUT2D eigenvalue weighted by atomic mass is 32.2. The third-order valence-corrected chi connectivity index (χ3v) is 6.36. The number of amides is 2. The van der Waals surface area contributed by atoms with E-state index in [0.29, 0.717) is 50.5 Å². The van der Waals surface area contributed by atoms with E-state index in [0.717, 1.165) is 5.69 Å². The molecular formula is C21H31N3O5S. The van der Waals surface area contributed by atoms with Crippen LogP contribution in [0.1, 0.15) is 33.6 Å². The van der Waals surface area contributed by atoms with Crippen LogP contribution in [0.4, 0.5) is 5.69 Å². The topological polar surface area (TPSA) is 101 Å². The standard InChI is InChI=1S/C21H31N3O5S/c1-21(2,3)14-18(25)20(27)23-12-10-22(11-13-23)17-8-9-24(19(17)26)15-4-6-16(7-5-15)30(28)29/h4-7,17-18,25H,8-14H2,1-3H3,(H,28,29)/t17-,18+/m0/s1. The minimum Gasteiger partial charge on any atom is -0.383 e. The molecule has 2 aliphatic heterocycles. The van der Waals surface area contributed by atoms with Gasteiger partial charge in [-0.1, -0.05) is 20.8 Å². The molecule has 166 valence electrons. The second-order valence-corrected chi connectivity index (χ2v) is 10.1. The Balaban J connectivity index is 1.55. The maximum absolute atomic E-state index is 13.0. The van der Waals surface area contributed by atoms with Crippen LogP contribution >= 0.6 is 0 Å². The summed E-state index contributed by atoms with van der Waals surface area (Å²) in [5, 5.41) is 10.2. The molecule has 2 amide bonds. The van der Waals surface area contributed by atoms with Crippen molar-refractivity contribution in [2.45, 2.75) is 50.7 Å². The lowest BCUT2D eigenvalue weighted by molar-refractivity contribution is -0.144. The highest BCUT2D eigenvalue weighted by molar-refractivity contribution is 7.79. The largest absolute Gasteiger partial charge is 0.383 e. The van der Waals surface area contributed by atoms with Crippen molar-refractivity contribution >= 4 is 28.6 Å². The molecule has 0 spiro atoms. The van der Waals surface area contributed by atoms with E-state index in [9.17, 15) is 18.9 Å². The molecule has 2 N–H and O–H groups in total. The maximum atomic E-state index is 13.0. The molecule has 0 aliphatic carbocycles. The van der Waals surface area contributed by atoms with Crippen LogP contribution in [0.5, 0.6) is 0 Å². The third kappa shape index (κ3) is 5.26. The molecule has 1 aromatic rings. The predicted molar refractivity (Wildman–Crippen MR) is 114 cm³/mol. The van der Waals surface area contributed by atoms with Crippen LogP contribution in [0.2, 0.25) is 0 Å². The van der Waals surface area contributed by atoms with Gasteiger partial charge in [-0.05, 0) is 42.5 Å². The Morgan fingerprint density at radius 3 is 2.27 bits per heavy atom. The lowest BCUT2D eigenvalue weighted by atomic mass is 9.89. The fourth-order valence-electron chi connectivity index (χ4n) is 4.13. The Labute approximate surface area is 180 Å². The number of carbonyl (C=O) groups excluding carboxylic acids is 2. The van der Waals surface area contributed by atoms with Crippen molar-refractivity contribution in [2.24, 2.45) is 5.41 Å². The van der Waals surface area contributed by atoms with Crippen LogP contribution in [0.15, 0.2) is 29.2 Å². The molecule has 2 heterocycles. The number of benzene rings is 1. The highest BCUT2D eigenvalue weighted by Crippen LogP contribution is 2.26. The van der Waals surface area contributed by atoms with Gasteiger partial charge in [0.05, 0.1) is 10.9 Å². The number of hydrogen-bond acceptors (Lipinski definition) is 5. The SMILES string of the molecule is CC(C)(C)C[C@@H](O)C(=O)N1CCN([C@H]2CCN(c3ccc(S(=O)O)cc3)C2=O)CC1. The zero-order valence-corrected chi connectivity index (χ0v) is 18.6. The van der Waals surface area contributed by atoms with Crippen LogP contribution in [-0.2, 0) is 20.7 Å². The first-order valence-corrected chi connectivity index (χ1v) is 11.4. The van der Waals surface area contributed by atoms with E-state index in [-0.39, 0.29) is 23.3 Å². The van der Waals surface area contributed by atoms with Crippen molar-refractivity contribution in [3.8, 4) is 0 Å². The Bertz CT molecular complexity index is 800. The average molecular weight is 438 g/mol. The Morgan fingerprint density at radius 2 is 1.73 bits per heavy atom. The first-order valence-electron chi connectivity index (χ1n) is 10.3. The summed E-state index contributed by atoms with van der Waals surface area (Å²) in [6.45, 7) is 8.78. The first-order chi connectivity index (χ1) is 14.1. The minimum atomic E-state index is -2.04. The van der Waals surface area contributed by atoms with Gasteiger partial charge >= 0.3 is 0 Å². The molecule has 9 heteroatoms. The van der Waals surface area contributed by atoms with Crippen LogP contribution in [0.25, 0.3) is 0 Å². The Kier molecular flexibility index (Phi) is 6.96. The number of carbonyl (C=O) groups is 2. The van der Waals surface area contributed by atoms with E-state index >= 15 is 0 Å². The molecule has 1 unspecified atom stereocenters. The molecule has 2 saturated heterocycles. The van der Waals surface area contributed by atoms with Crippen LogP contribution in [0.3, 0.4) is 0 Å². The predicted octanol–water partition coefficient (Wildman–Crippen LogP) is 1.31. The zero-order valence-electron chi connectivity index (χ0n) is 17.8. The summed E-state index contributed by atoms with van der Waals surface area (Å²) < 4.78 is 20.3. The van der Waals surface area contributed by atoms with Gasteiger partial charge in [0.1, 0.15) is 6.10 Å². The fourth-order valence-corrected chi connectivity index (χ4v) is 4.50. The summed E-state index contributed by atoms with van der Waals surface area (Å²) in [6.07, 6.45) is 0.133. The second-order valence-electron chi connectivity index (χ2n) is 9.18. The summed E-state index contributed by atoms with van der Waals surface area (Å²) in [4.78, 5) is 31.3. The van der Waals surface area contributed by atoms with Crippen molar-refractivity contribution in [2.75, 3.05) is 37.6 Å². The molecule has 30 heavy (non-hydrogen) atoms. The van der Waals surface area contributed by atoms with Crippen molar-refractivity contribution in [1.82, 2.24) is 9.80 Å². The number of anilines is 1. The molecule has 0 radical (unpaired) electrons. The number of aliphatic hydroxyl groups is 1. The quantitative estimate of drug-likeness (QED) is 0.674. The normalized spacial score (nSPS) is 23.0. The van der Waals surface area contributed by atoms with Gasteiger partial charge in [0.15, 0.2) is 11.1 Å². The molecule has 3 atom stereocenters. The molecule has 0 aromatic heterocycles. The number of piperazine rings is 1. The van der Waals surface area contributed by atoms with Gasteiger partial charge in [0.25, 0.3) is 5.91 Å². The van der Waals surface area contributed by atoms with Crippen LogP contribution < -0.4 is 4.90 Å². The molecule has 8 nitrogen and oxygen atoms in total. The van der Waals surface area contributed by atoms with Gasteiger partial charge in [0, 0.05) is 38.4 Å². The van der Waals surface area contributed by atoms with Gasteiger partial charge in [0.2, 0.25) is 5.91 Å². The molecule has 0 saturated carbocycles. The fraction of sp³-hybridized carbons (Fsp3) is 0.619. The van der Waals surface area contributed by atoms with Crippen molar-refractivity contribution in [1.29, 1.82) is 0 Å². The first kappa shape index (κ1) is 22.9. The Morgan fingerprint density at radius 1 is 1.13 bits per heavy atom. The summed E-state index contributed by atoms with van der Waals surface area (Å²) in [5.74, 6) is -0.217. The number of hydrogen-bond donors (Lipinski definition) is 2. The number of nitrogens with zero attached hydrogens (tertiary/aromatic N) is 3. The summed E-state index contributed by atoms with van der Waals surface area (Å²) in [5.41, 5.74) is 0.594. The van der Waals surface area contributed by atoms with Crippen molar-refractivity contribution in [3.63, 3.8) is 0 Å². The Hall–Kier alpha value is -1.81. The summed E-state index contributed by atoms with van der Waals surface area (Å²) in [7, 11) is 0. The van der Waals surface area contributed by atoms with E-state index in [4.69, 9.17) is 4.55 Å². The maximum Gasteiger partial charge on any atom is 0.251 e. The highest BCUT2D eigenvalue weighted by Gasteiger charge is 2.39. The monoisotopic (exact) mass is 437 g/mol. The van der Waals surface area contributed by atoms with Crippen molar-refractivity contribution in [3.05, 3.63) is 24.3 Å². The zero-order chi connectivity index (χ0) is 22.1. The lowest BCUT2D eigenvalue weighted by Gasteiger charge is -2.38. The lowest BCUT2D eigenvalue weighted by Crippen LogP contribution is -2.55. The number of aliphatic hydroxyl groups excluding tert-OH is 1. The van der Waals surface area contributed by atoms with E-state index in [2.05, 4.69) is 4.90 Å². The van der Waals surface area contributed by atoms with E-state index in [1.807, 2.05) is 20.8 Å².